The van der Waals surface area contributed by atoms with Gasteiger partial charge in [0.05, 0.1) is 10.0 Å². The average Bonchev–Trinajstić information content (AvgIpc) is 1.35. The molecule has 0 aromatic rings. The molecular weight excluding hydrogens is 161 g/mol. The molecule has 0 aromatic carbocycles. The van der Waals surface area contributed by atoms with Crippen molar-refractivity contribution in [3.63, 3.8) is 0 Å². The van der Waals surface area contributed by atoms with E-state index in [0.717, 1.165) is 6.26 Å². The van der Waals surface area contributed by atoms with Crippen molar-refractivity contribution in [2.24, 2.45) is 0 Å². The van der Waals surface area contributed by atoms with Crippen LogP contribution in [-0.4, -0.2) is 21.7 Å². The Morgan fingerprint density at radius 1 is 1.38 bits per heavy atom. The van der Waals surface area contributed by atoms with Crippen LogP contribution in [0.2, 0.25) is 0 Å². The minimum atomic E-state index is -3.04. The first-order valence-corrected chi connectivity index (χ1v) is 3.22. The molecule has 0 aromatic heterocycles. The summed E-state index contributed by atoms with van der Waals surface area (Å²) in [5.74, 6) is 0. The van der Waals surface area contributed by atoms with Gasteiger partial charge in [0.15, 0.2) is 0 Å². The standard InChI is InChI=1S/C2H6NO2S.ClH.Na/c1-3-6(2,4)5;;/h1-2H3;1H;/q-1;;+1. The Morgan fingerprint density at radius 3 is 1.50 bits per heavy atom. The van der Waals surface area contributed by atoms with Crippen LogP contribution in [0.4, 0.5) is 0 Å². The van der Waals surface area contributed by atoms with Gasteiger partial charge in [-0.15, -0.1) is 12.4 Å². The molecule has 8 heavy (non-hydrogen) atoms. The van der Waals surface area contributed by atoms with Gasteiger partial charge in [0.1, 0.15) is 0 Å². The van der Waals surface area contributed by atoms with Crippen LogP contribution in [0.15, 0.2) is 0 Å². The number of rotatable bonds is 1. The second-order valence-corrected chi connectivity index (χ2v) is 2.75. The molecule has 0 spiro atoms. The van der Waals surface area contributed by atoms with Gasteiger partial charge >= 0.3 is 29.6 Å². The largest absolute Gasteiger partial charge is 1.00 e. The van der Waals surface area contributed by atoms with Gasteiger partial charge in [-0.2, -0.15) is 7.05 Å². The summed E-state index contributed by atoms with van der Waals surface area (Å²) in [6.45, 7) is 0. The summed E-state index contributed by atoms with van der Waals surface area (Å²) in [6.07, 6.45) is 1.05. The summed E-state index contributed by atoms with van der Waals surface area (Å²) in [4.78, 5) is 0. The molecule has 0 saturated heterocycles. The molecule has 0 saturated carbocycles. The maximum atomic E-state index is 9.83. The third-order valence-electron chi connectivity index (χ3n) is 0.332. The van der Waals surface area contributed by atoms with Crippen LogP contribution in [-0.2, 0) is 10.0 Å². The quantitative estimate of drug-likeness (QED) is 0.402. The molecule has 46 valence electrons. The van der Waals surface area contributed by atoms with E-state index in [1.807, 2.05) is 0 Å². The fraction of sp³-hybridized carbons (Fsp3) is 1.00. The van der Waals surface area contributed by atoms with E-state index in [1.54, 1.807) is 0 Å². The fourth-order valence-corrected chi connectivity index (χ4v) is 0. The van der Waals surface area contributed by atoms with Gasteiger partial charge in [-0.05, 0) is 0 Å². The Morgan fingerprint density at radius 2 is 1.50 bits per heavy atom. The molecule has 0 bridgehead atoms. The zero-order chi connectivity index (χ0) is 5.21. The Labute approximate surface area is 78.0 Å². The van der Waals surface area contributed by atoms with E-state index < -0.39 is 10.0 Å². The Hall–Kier alpha value is 1.20. The molecule has 3 nitrogen and oxygen atoms in total. The van der Waals surface area contributed by atoms with Crippen molar-refractivity contribution in [3.05, 3.63) is 4.72 Å². The summed E-state index contributed by atoms with van der Waals surface area (Å²) in [5, 5.41) is 0. The molecule has 0 N–H and O–H groups in total. The predicted octanol–water partition coefficient (Wildman–Crippen LogP) is -2.62. The van der Waals surface area contributed by atoms with Crippen LogP contribution < -0.4 is 29.6 Å². The van der Waals surface area contributed by atoms with Crippen LogP contribution in [0.1, 0.15) is 0 Å². The van der Waals surface area contributed by atoms with Crippen molar-refractivity contribution in [3.8, 4) is 0 Å². The zero-order valence-corrected chi connectivity index (χ0v) is 8.71. The van der Waals surface area contributed by atoms with Crippen molar-refractivity contribution in [2.45, 2.75) is 0 Å². The van der Waals surface area contributed by atoms with Crippen LogP contribution in [0, 0.1) is 0 Å². The van der Waals surface area contributed by atoms with Gasteiger partial charge in [-0.3, -0.25) is 0 Å². The van der Waals surface area contributed by atoms with Gasteiger partial charge in [0.25, 0.3) is 0 Å². The topological polar surface area (TPSA) is 48.2 Å². The molecule has 0 radical (unpaired) electrons. The Balaban J connectivity index is -0.000000125. The van der Waals surface area contributed by atoms with E-state index in [0.29, 0.717) is 0 Å². The van der Waals surface area contributed by atoms with Crippen molar-refractivity contribution < 1.29 is 38.0 Å². The molecule has 0 fully saturated rings. The van der Waals surface area contributed by atoms with Crippen LogP contribution in [0.3, 0.4) is 0 Å². The third-order valence-corrected chi connectivity index (χ3v) is 0.995. The number of sulfonamides is 1. The molecule has 0 aliphatic heterocycles. The molecule has 0 aliphatic carbocycles. The second kappa shape index (κ2) is 6.32. The number of hydrogen-bond acceptors (Lipinski definition) is 2. The predicted molar refractivity (Wildman–Crippen MR) is 31.4 cm³/mol. The molecule has 0 rings (SSSR count). The van der Waals surface area contributed by atoms with Gasteiger partial charge in [-0.25, -0.2) is 8.42 Å². The molecule has 6 heteroatoms. The van der Waals surface area contributed by atoms with Crippen molar-refractivity contribution in [2.75, 3.05) is 13.3 Å². The minimum absolute atomic E-state index is 0. The molecule has 0 amide bonds. The van der Waals surface area contributed by atoms with Gasteiger partial charge < -0.3 is 4.72 Å². The molecule has 0 heterocycles. The third kappa shape index (κ3) is 15.7. The average molecular weight is 168 g/mol. The Bertz CT molecular complexity index is 122. The smallest absolute Gasteiger partial charge is 0.552 e. The molecule has 0 atom stereocenters. The minimum Gasteiger partial charge on any atom is -0.552 e. The van der Waals surface area contributed by atoms with Crippen LogP contribution in [0.5, 0.6) is 0 Å². The number of halogens is 1. The Kier molecular flexibility index (Phi) is 12.7. The van der Waals surface area contributed by atoms with E-state index in [4.69, 9.17) is 0 Å². The molecule has 0 aliphatic rings. The first-order valence-electron chi connectivity index (χ1n) is 1.37. The first kappa shape index (κ1) is 16.1. The second-order valence-electron chi connectivity index (χ2n) is 0.916. The van der Waals surface area contributed by atoms with E-state index >= 15 is 0 Å². The summed E-state index contributed by atoms with van der Waals surface area (Å²) in [6, 6.07) is 0. The van der Waals surface area contributed by atoms with Crippen LogP contribution in [0.25, 0.3) is 4.72 Å². The maximum absolute atomic E-state index is 9.83. The van der Waals surface area contributed by atoms with E-state index in [2.05, 4.69) is 4.72 Å². The van der Waals surface area contributed by atoms with E-state index in [-0.39, 0.29) is 42.0 Å². The monoisotopic (exact) mass is 167 g/mol. The fourth-order valence-electron chi connectivity index (χ4n) is 0. The van der Waals surface area contributed by atoms with Crippen molar-refractivity contribution in [1.29, 1.82) is 0 Å². The van der Waals surface area contributed by atoms with E-state index in [1.165, 1.54) is 7.05 Å². The van der Waals surface area contributed by atoms with Gasteiger partial charge in [0.2, 0.25) is 0 Å². The van der Waals surface area contributed by atoms with Crippen molar-refractivity contribution >= 4 is 22.4 Å². The first-order chi connectivity index (χ1) is 2.56. The summed E-state index contributed by atoms with van der Waals surface area (Å²) < 4.78 is 22.7. The normalized spacial score (nSPS) is 8.75. The van der Waals surface area contributed by atoms with Gasteiger partial charge in [0, 0.05) is 6.26 Å². The maximum Gasteiger partial charge on any atom is 1.00 e. The van der Waals surface area contributed by atoms with Crippen LogP contribution >= 0.6 is 12.4 Å². The SMILES string of the molecule is C[N-]S(C)(=O)=O.Cl.[Na+]. The zero-order valence-electron chi connectivity index (χ0n) is 5.08. The summed E-state index contributed by atoms with van der Waals surface area (Å²) in [5.41, 5.74) is 0. The number of hydrogen-bond donors (Lipinski definition) is 0. The summed E-state index contributed by atoms with van der Waals surface area (Å²) >= 11 is 0. The molecular formula is C2H7ClNNaO2S. The van der Waals surface area contributed by atoms with Gasteiger partial charge in [-0.1, -0.05) is 0 Å². The molecule has 0 unspecified atom stereocenters. The summed E-state index contributed by atoms with van der Waals surface area (Å²) in [7, 11) is -1.79. The van der Waals surface area contributed by atoms with E-state index in [9.17, 15) is 8.42 Å². The van der Waals surface area contributed by atoms with Crippen molar-refractivity contribution in [1.82, 2.24) is 0 Å². The number of nitrogens with zero attached hydrogens (tertiary/aromatic N) is 1.